The van der Waals surface area contributed by atoms with Gasteiger partial charge in [0.15, 0.2) is 5.84 Å². The number of fused-ring (bicyclic) bond motifs is 1. The number of hydrogen-bond donors (Lipinski definition) is 1. The molecule has 1 aromatic heterocycles. The first-order chi connectivity index (χ1) is 15.4. The monoisotopic (exact) mass is 451 g/mol. The van der Waals surface area contributed by atoms with Crippen molar-refractivity contribution in [3.63, 3.8) is 0 Å². The van der Waals surface area contributed by atoms with Gasteiger partial charge in [0.05, 0.1) is 10.6 Å². The maximum atomic E-state index is 13.6. The van der Waals surface area contributed by atoms with Crippen molar-refractivity contribution in [2.24, 2.45) is 15.9 Å². The van der Waals surface area contributed by atoms with Crippen LogP contribution >= 0.6 is 11.6 Å². The summed E-state index contributed by atoms with van der Waals surface area (Å²) in [5.41, 5.74) is 2.43. The predicted molar refractivity (Wildman–Crippen MR) is 132 cm³/mol. The van der Waals surface area contributed by atoms with Crippen LogP contribution in [0.5, 0.6) is 0 Å². The topological polar surface area (TPSA) is 49.9 Å². The number of rotatable bonds is 4. The minimum absolute atomic E-state index is 0.0752. The summed E-state index contributed by atoms with van der Waals surface area (Å²) in [6, 6.07) is 14.7. The molecule has 0 aliphatic carbocycles. The fraction of sp³-hybridized carbons (Fsp3) is 0.308. The van der Waals surface area contributed by atoms with Gasteiger partial charge in [-0.2, -0.15) is 0 Å². The average Bonchev–Trinajstić information content (AvgIpc) is 3.20. The predicted octanol–water partition coefficient (Wildman–Crippen LogP) is 7.75. The van der Waals surface area contributed by atoms with Crippen LogP contribution < -0.4 is 5.32 Å². The molecule has 4 nitrogen and oxygen atoms in total. The molecule has 0 fully saturated rings. The quantitative estimate of drug-likeness (QED) is 0.440. The molecule has 0 saturated carbocycles. The zero-order valence-corrected chi connectivity index (χ0v) is 19.3. The Hall–Kier alpha value is -2.92. The molecule has 1 aliphatic heterocycles. The minimum atomic E-state index is -0.445. The zero-order valence-electron chi connectivity index (χ0n) is 18.5. The molecule has 1 N–H and O–H groups in total. The Labute approximate surface area is 192 Å². The molecule has 32 heavy (non-hydrogen) atoms. The van der Waals surface area contributed by atoms with Crippen LogP contribution in [0.15, 0.2) is 69.0 Å². The lowest BCUT2D eigenvalue weighted by Crippen LogP contribution is -2.19. The van der Waals surface area contributed by atoms with Gasteiger partial charge < -0.3 is 9.73 Å². The minimum Gasteiger partial charge on any atom is -0.456 e. The fourth-order valence-corrected chi connectivity index (χ4v) is 3.77. The largest absolute Gasteiger partial charge is 0.456 e. The lowest BCUT2D eigenvalue weighted by molar-refractivity contribution is 0.598. The van der Waals surface area contributed by atoms with Crippen LogP contribution in [0.3, 0.4) is 0 Å². The molecule has 2 heterocycles. The molecule has 4 rings (SSSR count). The molecule has 2 atom stereocenters. The number of benzene rings is 2. The second-order valence-electron chi connectivity index (χ2n) is 8.27. The third kappa shape index (κ3) is 5.10. The Balaban J connectivity index is 1.77. The standard InChI is InChI=1S/C26H27ClFN3O/c1-4-17(3)29-26-20(24-14-18-7-5-6-8-23(18)32-24)13-16(2)9-12-25(31-26)30-19-10-11-22(28)21(27)15-19/h5-8,10-11,13-17H,4,9,12H2,1-3H3,(H,29,30,31)/b20-13-. The molecule has 0 saturated heterocycles. The smallest absolute Gasteiger partial charge is 0.160 e. The maximum Gasteiger partial charge on any atom is 0.160 e. The third-order valence-corrected chi connectivity index (χ3v) is 5.89. The summed E-state index contributed by atoms with van der Waals surface area (Å²) in [6.45, 7) is 6.36. The molecular formula is C26H27ClFN3O. The van der Waals surface area contributed by atoms with Gasteiger partial charge in [-0.1, -0.05) is 49.7 Å². The first-order valence-electron chi connectivity index (χ1n) is 11.0. The van der Waals surface area contributed by atoms with Gasteiger partial charge >= 0.3 is 0 Å². The van der Waals surface area contributed by atoms with E-state index in [0.717, 1.165) is 47.4 Å². The highest BCUT2D eigenvalue weighted by Crippen LogP contribution is 2.30. The molecule has 2 unspecified atom stereocenters. The molecule has 1 aliphatic rings. The van der Waals surface area contributed by atoms with E-state index in [-0.39, 0.29) is 11.1 Å². The number of allylic oxidation sites excluding steroid dienone is 1. The van der Waals surface area contributed by atoms with Gasteiger partial charge in [0, 0.05) is 23.5 Å². The number of anilines is 1. The van der Waals surface area contributed by atoms with Crippen molar-refractivity contribution >= 4 is 45.5 Å². The number of hydrogen-bond acceptors (Lipinski definition) is 3. The van der Waals surface area contributed by atoms with Gasteiger partial charge in [-0.05, 0) is 56.0 Å². The van der Waals surface area contributed by atoms with Crippen molar-refractivity contribution < 1.29 is 8.81 Å². The first-order valence-corrected chi connectivity index (χ1v) is 11.4. The number of nitrogens with one attached hydrogen (secondary N) is 1. The number of halogens is 2. The Morgan fingerprint density at radius 3 is 2.81 bits per heavy atom. The molecule has 166 valence electrons. The van der Waals surface area contributed by atoms with Crippen LogP contribution in [0.2, 0.25) is 5.02 Å². The van der Waals surface area contributed by atoms with Gasteiger partial charge in [-0.15, -0.1) is 0 Å². The second kappa shape index (κ2) is 9.70. The molecule has 0 bridgehead atoms. The summed E-state index contributed by atoms with van der Waals surface area (Å²) in [5, 5.41) is 4.44. The fourth-order valence-electron chi connectivity index (χ4n) is 3.59. The molecule has 2 aromatic carbocycles. The van der Waals surface area contributed by atoms with E-state index in [0.29, 0.717) is 17.4 Å². The van der Waals surface area contributed by atoms with Crippen LogP contribution in [0, 0.1) is 11.7 Å². The van der Waals surface area contributed by atoms with E-state index in [1.165, 1.54) is 6.07 Å². The Kier molecular flexibility index (Phi) is 6.75. The van der Waals surface area contributed by atoms with E-state index in [1.54, 1.807) is 12.1 Å². The van der Waals surface area contributed by atoms with E-state index in [1.807, 2.05) is 30.3 Å². The highest BCUT2D eigenvalue weighted by atomic mass is 35.5. The molecule has 0 spiro atoms. The summed E-state index contributed by atoms with van der Waals surface area (Å²) in [4.78, 5) is 9.84. The summed E-state index contributed by atoms with van der Waals surface area (Å²) in [5.74, 6) is 2.02. The Bertz CT molecular complexity index is 1180. The van der Waals surface area contributed by atoms with Crippen LogP contribution in [0.4, 0.5) is 10.1 Å². The number of para-hydroxylation sites is 1. The Morgan fingerprint density at radius 2 is 2.06 bits per heavy atom. The van der Waals surface area contributed by atoms with E-state index in [9.17, 15) is 4.39 Å². The van der Waals surface area contributed by atoms with Gasteiger partial charge in [0.1, 0.15) is 23.0 Å². The van der Waals surface area contributed by atoms with Crippen molar-refractivity contribution in [1.29, 1.82) is 0 Å². The third-order valence-electron chi connectivity index (χ3n) is 5.60. The van der Waals surface area contributed by atoms with Crippen LogP contribution in [-0.4, -0.2) is 17.7 Å². The number of furan rings is 1. The molecule has 6 heteroatoms. The van der Waals surface area contributed by atoms with Crippen LogP contribution in [-0.2, 0) is 0 Å². The van der Waals surface area contributed by atoms with Crippen molar-refractivity contribution in [2.45, 2.75) is 46.1 Å². The highest BCUT2D eigenvalue weighted by Gasteiger charge is 2.20. The van der Waals surface area contributed by atoms with Crippen molar-refractivity contribution in [3.8, 4) is 0 Å². The second-order valence-corrected chi connectivity index (χ2v) is 8.67. The molecule has 0 radical (unpaired) electrons. The van der Waals surface area contributed by atoms with Gasteiger partial charge in [-0.25, -0.2) is 9.38 Å². The van der Waals surface area contributed by atoms with Gasteiger partial charge in [-0.3, -0.25) is 4.99 Å². The maximum absolute atomic E-state index is 13.6. The van der Waals surface area contributed by atoms with Gasteiger partial charge in [0.25, 0.3) is 0 Å². The van der Waals surface area contributed by atoms with E-state index in [2.05, 4.69) is 32.2 Å². The molecule has 3 aromatic rings. The van der Waals surface area contributed by atoms with E-state index < -0.39 is 5.82 Å². The summed E-state index contributed by atoms with van der Waals surface area (Å²) in [7, 11) is 0. The van der Waals surface area contributed by atoms with E-state index in [4.69, 9.17) is 26.0 Å². The SMILES string of the molecule is CCC(C)N=C1N=C(Nc2ccc(F)c(Cl)c2)CCC(C)/C=C\1c1cc2ccccc2o1. The summed E-state index contributed by atoms with van der Waals surface area (Å²) < 4.78 is 19.8. The van der Waals surface area contributed by atoms with Crippen molar-refractivity contribution in [1.82, 2.24) is 0 Å². The summed E-state index contributed by atoms with van der Waals surface area (Å²) in [6.07, 6.45) is 4.74. The lowest BCUT2D eigenvalue weighted by atomic mass is 9.98. The number of amidine groups is 2. The van der Waals surface area contributed by atoms with Crippen LogP contribution in [0.25, 0.3) is 16.5 Å². The van der Waals surface area contributed by atoms with Crippen molar-refractivity contribution in [2.75, 3.05) is 5.32 Å². The lowest BCUT2D eigenvalue weighted by Gasteiger charge is -2.18. The van der Waals surface area contributed by atoms with Crippen molar-refractivity contribution in [3.05, 3.63) is 71.2 Å². The first kappa shape index (κ1) is 22.3. The normalized spacial score (nSPS) is 20.9. The molecule has 0 amide bonds. The summed E-state index contributed by atoms with van der Waals surface area (Å²) >= 11 is 5.97. The average molecular weight is 452 g/mol. The zero-order chi connectivity index (χ0) is 22.7. The van der Waals surface area contributed by atoms with Gasteiger partial charge in [0.2, 0.25) is 0 Å². The highest BCUT2D eigenvalue weighted by molar-refractivity contribution is 6.31. The Morgan fingerprint density at radius 1 is 1.25 bits per heavy atom. The number of aliphatic imine (C=N–C) groups is 2. The van der Waals surface area contributed by atoms with E-state index >= 15 is 0 Å². The van der Waals surface area contributed by atoms with Crippen LogP contribution in [0.1, 0.15) is 45.8 Å². The molecular weight excluding hydrogens is 425 g/mol. The number of nitrogens with zero attached hydrogens (tertiary/aromatic N) is 2.